The lowest BCUT2D eigenvalue weighted by Gasteiger charge is -2.25. The minimum Gasteiger partial charge on any atom is -0.393 e. The van der Waals surface area contributed by atoms with E-state index in [0.717, 1.165) is 6.42 Å². The maximum atomic E-state index is 11.3. The van der Waals surface area contributed by atoms with Crippen LogP contribution in [0.5, 0.6) is 0 Å². The fourth-order valence-electron chi connectivity index (χ4n) is 2.10. The Balaban J connectivity index is 2.15. The third-order valence-corrected chi connectivity index (χ3v) is 2.76. The Morgan fingerprint density at radius 1 is 1.14 bits per heavy atom. The van der Waals surface area contributed by atoms with Crippen LogP contribution in [0.25, 0.3) is 0 Å². The van der Waals surface area contributed by atoms with Gasteiger partial charge in [0.05, 0.1) is 6.10 Å². The van der Waals surface area contributed by atoms with Gasteiger partial charge in [0.15, 0.2) is 0 Å². The van der Waals surface area contributed by atoms with E-state index in [2.05, 4.69) is 0 Å². The van der Waals surface area contributed by atoms with Gasteiger partial charge in [0.25, 0.3) is 0 Å². The molecule has 0 aliphatic heterocycles. The maximum absolute atomic E-state index is 11.3. The van der Waals surface area contributed by atoms with E-state index in [-0.39, 0.29) is 11.7 Å². The van der Waals surface area contributed by atoms with Crippen LogP contribution in [0.3, 0.4) is 0 Å². The van der Waals surface area contributed by atoms with E-state index < -0.39 is 6.10 Å². The Bertz CT molecular complexity index is 318. The van der Waals surface area contributed by atoms with E-state index in [0.29, 0.717) is 12.8 Å². The first-order valence-electron chi connectivity index (χ1n) is 5.00. The molecule has 1 fully saturated rings. The van der Waals surface area contributed by atoms with Gasteiger partial charge in [-0.2, -0.15) is 0 Å². The van der Waals surface area contributed by atoms with Crippen molar-refractivity contribution in [2.75, 3.05) is 0 Å². The standard InChI is InChI=1S/C12H14O2/c13-11-6-10(7-12(14)8-11)9-4-2-1-3-5-9/h1-5,10-11,13H,6-8H2/t10-,11+/m1/s1. The molecule has 2 atom stereocenters. The highest BCUT2D eigenvalue weighted by Crippen LogP contribution is 2.30. The van der Waals surface area contributed by atoms with Gasteiger partial charge in [0.2, 0.25) is 0 Å². The van der Waals surface area contributed by atoms with Gasteiger partial charge in [-0.1, -0.05) is 30.3 Å². The number of hydrogen-bond acceptors (Lipinski definition) is 2. The fourth-order valence-corrected chi connectivity index (χ4v) is 2.10. The summed E-state index contributed by atoms with van der Waals surface area (Å²) < 4.78 is 0. The van der Waals surface area contributed by atoms with E-state index in [1.54, 1.807) is 0 Å². The number of ketones is 1. The Morgan fingerprint density at radius 2 is 1.86 bits per heavy atom. The number of carbonyl (C=O) groups is 1. The summed E-state index contributed by atoms with van der Waals surface area (Å²) in [5, 5.41) is 9.49. The predicted octanol–water partition coefficient (Wildman–Crippen LogP) is 1.88. The highest BCUT2D eigenvalue weighted by atomic mass is 16.3. The van der Waals surface area contributed by atoms with E-state index in [9.17, 15) is 9.90 Å². The first-order valence-corrected chi connectivity index (χ1v) is 5.00. The van der Waals surface area contributed by atoms with Crippen LogP contribution in [0, 0.1) is 0 Å². The van der Waals surface area contributed by atoms with Gasteiger partial charge >= 0.3 is 0 Å². The summed E-state index contributed by atoms with van der Waals surface area (Å²) in [5.41, 5.74) is 1.17. The van der Waals surface area contributed by atoms with Crippen molar-refractivity contribution < 1.29 is 9.90 Å². The van der Waals surface area contributed by atoms with Gasteiger partial charge in [0.1, 0.15) is 5.78 Å². The zero-order valence-corrected chi connectivity index (χ0v) is 8.02. The molecular formula is C12H14O2. The molecule has 14 heavy (non-hydrogen) atoms. The first-order chi connectivity index (χ1) is 6.75. The maximum Gasteiger partial charge on any atom is 0.136 e. The third-order valence-electron chi connectivity index (χ3n) is 2.76. The van der Waals surface area contributed by atoms with E-state index in [1.165, 1.54) is 5.56 Å². The van der Waals surface area contributed by atoms with Crippen molar-refractivity contribution >= 4 is 5.78 Å². The van der Waals surface area contributed by atoms with Crippen LogP contribution in [0.4, 0.5) is 0 Å². The molecule has 0 bridgehead atoms. The number of Topliss-reactive ketones (excluding diaryl/α,β-unsaturated/α-hetero) is 1. The zero-order chi connectivity index (χ0) is 9.97. The molecule has 0 heterocycles. The molecule has 0 unspecified atom stereocenters. The van der Waals surface area contributed by atoms with Gasteiger partial charge in [-0.05, 0) is 17.9 Å². The molecule has 0 aromatic heterocycles. The summed E-state index contributed by atoms with van der Waals surface area (Å²) in [5.74, 6) is 0.394. The highest BCUT2D eigenvalue weighted by Gasteiger charge is 2.26. The van der Waals surface area contributed by atoms with E-state index >= 15 is 0 Å². The van der Waals surface area contributed by atoms with E-state index in [1.807, 2.05) is 30.3 Å². The topological polar surface area (TPSA) is 37.3 Å². The average Bonchev–Trinajstić information content (AvgIpc) is 2.18. The Morgan fingerprint density at radius 3 is 2.50 bits per heavy atom. The summed E-state index contributed by atoms with van der Waals surface area (Å²) >= 11 is 0. The molecule has 0 amide bonds. The van der Waals surface area contributed by atoms with Gasteiger partial charge in [-0.15, -0.1) is 0 Å². The number of aliphatic hydroxyl groups excluding tert-OH is 1. The van der Waals surface area contributed by atoms with E-state index in [4.69, 9.17) is 0 Å². The van der Waals surface area contributed by atoms with Gasteiger partial charge in [-0.3, -0.25) is 4.79 Å². The quantitative estimate of drug-likeness (QED) is 0.734. The van der Waals surface area contributed by atoms with Gasteiger partial charge in [0, 0.05) is 12.8 Å². The third kappa shape index (κ3) is 2.02. The molecule has 2 nitrogen and oxygen atoms in total. The van der Waals surface area contributed by atoms with Crippen molar-refractivity contribution in [3.63, 3.8) is 0 Å². The molecule has 0 spiro atoms. The van der Waals surface area contributed by atoms with Gasteiger partial charge < -0.3 is 5.11 Å². The molecule has 1 N–H and O–H groups in total. The summed E-state index contributed by atoms with van der Waals surface area (Å²) in [4.78, 5) is 11.3. The van der Waals surface area contributed by atoms with Crippen LogP contribution in [-0.4, -0.2) is 17.0 Å². The Kier molecular flexibility index (Phi) is 2.64. The van der Waals surface area contributed by atoms with Crippen molar-refractivity contribution in [3.05, 3.63) is 35.9 Å². The van der Waals surface area contributed by atoms with Crippen molar-refractivity contribution in [1.29, 1.82) is 0 Å². The molecule has 1 aromatic carbocycles. The molecule has 1 aliphatic rings. The number of hydrogen-bond donors (Lipinski definition) is 1. The molecule has 0 saturated heterocycles. The Labute approximate surface area is 83.6 Å². The van der Waals surface area contributed by atoms with Crippen molar-refractivity contribution in [3.8, 4) is 0 Å². The summed E-state index contributed by atoms with van der Waals surface area (Å²) in [6.07, 6.45) is 1.20. The second kappa shape index (κ2) is 3.93. The van der Waals surface area contributed by atoms with Crippen LogP contribution in [0.15, 0.2) is 30.3 Å². The molecule has 2 rings (SSSR count). The second-order valence-corrected chi connectivity index (χ2v) is 3.94. The minimum absolute atomic E-state index is 0.178. The van der Waals surface area contributed by atoms with Crippen LogP contribution < -0.4 is 0 Å². The highest BCUT2D eigenvalue weighted by molar-refractivity contribution is 5.80. The monoisotopic (exact) mass is 190 g/mol. The summed E-state index contributed by atoms with van der Waals surface area (Å²) in [7, 11) is 0. The zero-order valence-electron chi connectivity index (χ0n) is 8.02. The second-order valence-electron chi connectivity index (χ2n) is 3.94. The Hall–Kier alpha value is -1.15. The SMILES string of the molecule is O=C1C[C@@H](O)C[C@@H](c2ccccc2)C1. The molecule has 1 aromatic rings. The fraction of sp³-hybridized carbons (Fsp3) is 0.417. The minimum atomic E-state index is -0.443. The van der Waals surface area contributed by atoms with Crippen molar-refractivity contribution in [2.24, 2.45) is 0 Å². The molecular weight excluding hydrogens is 176 g/mol. The van der Waals surface area contributed by atoms with Crippen LogP contribution in [0.1, 0.15) is 30.7 Å². The lowest BCUT2D eigenvalue weighted by molar-refractivity contribution is -0.123. The van der Waals surface area contributed by atoms with Crippen molar-refractivity contribution in [1.82, 2.24) is 0 Å². The number of benzene rings is 1. The van der Waals surface area contributed by atoms with Gasteiger partial charge in [-0.25, -0.2) is 0 Å². The molecule has 1 aliphatic carbocycles. The van der Waals surface area contributed by atoms with Crippen LogP contribution >= 0.6 is 0 Å². The molecule has 1 saturated carbocycles. The predicted molar refractivity (Wildman–Crippen MR) is 54.0 cm³/mol. The van der Waals surface area contributed by atoms with Crippen molar-refractivity contribution in [2.45, 2.75) is 31.3 Å². The molecule has 0 radical (unpaired) electrons. The smallest absolute Gasteiger partial charge is 0.136 e. The number of carbonyl (C=O) groups excluding carboxylic acids is 1. The number of rotatable bonds is 1. The normalized spacial score (nSPS) is 27.6. The largest absolute Gasteiger partial charge is 0.393 e. The van der Waals surface area contributed by atoms with Crippen LogP contribution in [-0.2, 0) is 4.79 Å². The van der Waals surface area contributed by atoms with Crippen LogP contribution in [0.2, 0.25) is 0 Å². The average molecular weight is 190 g/mol. The lowest BCUT2D eigenvalue weighted by Crippen LogP contribution is -2.25. The number of aliphatic hydroxyl groups is 1. The summed E-state index contributed by atoms with van der Waals surface area (Å²) in [6.45, 7) is 0. The molecule has 2 heteroatoms. The lowest BCUT2D eigenvalue weighted by atomic mass is 9.82. The first kappa shape index (κ1) is 9.41. The molecule has 74 valence electrons. The summed E-state index contributed by atoms with van der Waals surface area (Å²) in [6, 6.07) is 9.96.